The van der Waals surface area contributed by atoms with Crippen molar-refractivity contribution >= 4 is 17.6 Å². The summed E-state index contributed by atoms with van der Waals surface area (Å²) in [5.41, 5.74) is 1.06. The van der Waals surface area contributed by atoms with Crippen LogP contribution in [0, 0.1) is 5.92 Å². The predicted octanol–water partition coefficient (Wildman–Crippen LogP) is 2.38. The number of amides is 2. The van der Waals surface area contributed by atoms with E-state index in [0.29, 0.717) is 25.6 Å². The van der Waals surface area contributed by atoms with Crippen molar-refractivity contribution in [3.8, 4) is 5.69 Å². The minimum absolute atomic E-state index is 0.0225. The maximum absolute atomic E-state index is 12.4. The Labute approximate surface area is 152 Å². The fourth-order valence-corrected chi connectivity index (χ4v) is 2.53. The van der Waals surface area contributed by atoms with E-state index >= 15 is 0 Å². The molecule has 1 heterocycles. The quantitative estimate of drug-likeness (QED) is 0.676. The van der Waals surface area contributed by atoms with Crippen molar-refractivity contribution in [1.29, 1.82) is 0 Å². The van der Waals surface area contributed by atoms with Gasteiger partial charge in [0.1, 0.15) is 5.82 Å². The molecule has 2 amide bonds. The number of rotatable bonds is 9. The second-order valence-electron chi connectivity index (χ2n) is 6.23. The largest absolute Gasteiger partial charge is 0.382 e. The van der Waals surface area contributed by atoms with Crippen LogP contribution in [-0.4, -0.2) is 41.4 Å². The third-order valence-corrected chi connectivity index (χ3v) is 4.10. The first-order chi connectivity index (χ1) is 12.7. The number of benzene rings is 1. The fourth-order valence-electron chi connectivity index (χ4n) is 2.53. The third kappa shape index (κ3) is 4.70. The van der Waals surface area contributed by atoms with E-state index in [-0.39, 0.29) is 23.4 Å². The van der Waals surface area contributed by atoms with Crippen molar-refractivity contribution in [3.05, 3.63) is 42.1 Å². The Kier molecular flexibility index (Phi) is 6.01. The number of hydrogen-bond donors (Lipinski definition) is 2. The van der Waals surface area contributed by atoms with Crippen molar-refractivity contribution in [2.24, 2.45) is 5.92 Å². The lowest BCUT2D eigenvalue weighted by molar-refractivity contribution is -0.117. The van der Waals surface area contributed by atoms with E-state index < -0.39 is 0 Å². The predicted molar refractivity (Wildman–Crippen MR) is 98.4 cm³/mol. The van der Waals surface area contributed by atoms with Crippen LogP contribution >= 0.6 is 0 Å². The fraction of sp³-hybridized carbons (Fsp3) is 0.421. The normalized spacial score (nSPS) is 13.4. The van der Waals surface area contributed by atoms with Gasteiger partial charge in [-0.25, -0.2) is 4.68 Å². The van der Waals surface area contributed by atoms with Crippen LogP contribution in [0.2, 0.25) is 0 Å². The smallest absolute Gasteiger partial charge is 0.271 e. The second-order valence-corrected chi connectivity index (χ2v) is 6.23. The number of nitrogens with one attached hydrogen (secondary N) is 2. The molecule has 3 rings (SSSR count). The second kappa shape index (κ2) is 8.62. The van der Waals surface area contributed by atoms with Crippen LogP contribution in [0.25, 0.3) is 5.69 Å². The van der Waals surface area contributed by atoms with Crippen LogP contribution in [0.5, 0.6) is 0 Å². The van der Waals surface area contributed by atoms with Crippen molar-refractivity contribution in [1.82, 2.24) is 15.1 Å². The van der Waals surface area contributed by atoms with Crippen molar-refractivity contribution in [3.63, 3.8) is 0 Å². The van der Waals surface area contributed by atoms with E-state index in [9.17, 15) is 9.59 Å². The van der Waals surface area contributed by atoms with Crippen molar-refractivity contribution < 1.29 is 14.3 Å². The van der Waals surface area contributed by atoms with E-state index in [1.807, 2.05) is 37.3 Å². The molecular weight excluding hydrogens is 332 g/mol. The van der Waals surface area contributed by atoms with Crippen molar-refractivity contribution in [2.75, 3.05) is 25.1 Å². The van der Waals surface area contributed by atoms with Gasteiger partial charge >= 0.3 is 0 Å². The lowest BCUT2D eigenvalue weighted by atomic mass is 10.3. The Hall–Kier alpha value is -2.67. The number of hydrogen-bond acceptors (Lipinski definition) is 4. The van der Waals surface area contributed by atoms with E-state index in [1.165, 1.54) is 0 Å². The Bertz CT molecular complexity index is 753. The molecule has 2 aromatic rings. The zero-order valence-corrected chi connectivity index (χ0v) is 14.9. The highest BCUT2D eigenvalue weighted by atomic mass is 16.5. The number of nitrogens with zero attached hydrogens (tertiary/aromatic N) is 2. The summed E-state index contributed by atoms with van der Waals surface area (Å²) in [6.07, 6.45) is 2.57. The molecule has 0 spiro atoms. The van der Waals surface area contributed by atoms with Gasteiger partial charge in [0.2, 0.25) is 5.91 Å². The first-order valence-corrected chi connectivity index (χ1v) is 9.01. The molecule has 0 radical (unpaired) electrons. The first kappa shape index (κ1) is 18.1. The zero-order valence-electron chi connectivity index (χ0n) is 14.9. The van der Waals surface area contributed by atoms with Gasteiger partial charge in [-0.15, -0.1) is 0 Å². The van der Waals surface area contributed by atoms with Gasteiger partial charge < -0.3 is 15.4 Å². The maximum atomic E-state index is 12.4. The van der Waals surface area contributed by atoms with Crippen LogP contribution in [0.1, 0.15) is 36.7 Å². The van der Waals surface area contributed by atoms with Crippen LogP contribution < -0.4 is 10.6 Å². The molecule has 7 nitrogen and oxygen atoms in total. The Balaban J connectivity index is 1.72. The molecule has 1 aromatic heterocycles. The summed E-state index contributed by atoms with van der Waals surface area (Å²) in [6.45, 7) is 3.73. The summed E-state index contributed by atoms with van der Waals surface area (Å²) in [4.78, 5) is 24.5. The van der Waals surface area contributed by atoms with E-state index in [4.69, 9.17) is 4.74 Å². The molecule has 0 bridgehead atoms. The van der Waals surface area contributed by atoms with Gasteiger partial charge in [0.25, 0.3) is 5.91 Å². The van der Waals surface area contributed by atoms with E-state index in [2.05, 4.69) is 15.7 Å². The molecule has 0 unspecified atom stereocenters. The zero-order chi connectivity index (χ0) is 18.4. The van der Waals surface area contributed by atoms with Gasteiger partial charge in [-0.3, -0.25) is 9.59 Å². The third-order valence-electron chi connectivity index (χ3n) is 4.10. The van der Waals surface area contributed by atoms with Crippen molar-refractivity contribution in [2.45, 2.75) is 26.2 Å². The number of ether oxygens (including phenoxy) is 1. The van der Waals surface area contributed by atoms with Crippen LogP contribution in [0.4, 0.5) is 5.82 Å². The minimum Gasteiger partial charge on any atom is -0.382 e. The first-order valence-electron chi connectivity index (χ1n) is 9.01. The molecule has 1 saturated carbocycles. The molecule has 1 aliphatic carbocycles. The average molecular weight is 356 g/mol. The molecule has 0 saturated heterocycles. The SMILES string of the molecule is CCOCCCNC(=O)c1cc(NC(=O)C2CC2)n(-c2ccccc2)n1. The molecule has 138 valence electrons. The molecule has 0 aliphatic heterocycles. The molecule has 0 atom stereocenters. The van der Waals surface area contributed by atoms with E-state index in [0.717, 1.165) is 24.9 Å². The topological polar surface area (TPSA) is 85.3 Å². The highest BCUT2D eigenvalue weighted by Crippen LogP contribution is 2.30. The number of para-hydroxylation sites is 1. The van der Waals surface area contributed by atoms with E-state index in [1.54, 1.807) is 10.7 Å². The summed E-state index contributed by atoms with van der Waals surface area (Å²) in [5, 5.41) is 10.1. The molecule has 1 fully saturated rings. The molecule has 1 aliphatic rings. The molecule has 2 N–H and O–H groups in total. The van der Waals surface area contributed by atoms with Crippen LogP contribution in [-0.2, 0) is 9.53 Å². The average Bonchev–Trinajstić information content (AvgIpc) is 3.43. The molecular formula is C19H24N4O3. The van der Waals surface area contributed by atoms with Gasteiger partial charge in [-0.05, 0) is 38.3 Å². The highest BCUT2D eigenvalue weighted by Gasteiger charge is 2.30. The number of aromatic nitrogens is 2. The van der Waals surface area contributed by atoms with Crippen LogP contribution in [0.3, 0.4) is 0 Å². The standard InChI is InChI=1S/C19H24N4O3/c1-2-26-12-6-11-20-19(25)16-13-17(21-18(24)14-9-10-14)23(22-16)15-7-4-3-5-8-15/h3-5,7-8,13-14H,2,6,9-12H2,1H3,(H,20,25)(H,21,24). The minimum atomic E-state index is -0.266. The van der Waals surface area contributed by atoms with Crippen LogP contribution in [0.15, 0.2) is 36.4 Å². The summed E-state index contributed by atoms with van der Waals surface area (Å²) >= 11 is 0. The number of carbonyl (C=O) groups is 2. The van der Waals surface area contributed by atoms with Gasteiger partial charge in [0.15, 0.2) is 5.69 Å². The highest BCUT2D eigenvalue weighted by molar-refractivity contribution is 5.97. The Morgan fingerprint density at radius 2 is 2.04 bits per heavy atom. The number of carbonyl (C=O) groups excluding carboxylic acids is 2. The Morgan fingerprint density at radius 3 is 2.73 bits per heavy atom. The maximum Gasteiger partial charge on any atom is 0.271 e. The summed E-state index contributed by atoms with van der Waals surface area (Å²) < 4.78 is 6.85. The molecule has 26 heavy (non-hydrogen) atoms. The van der Waals surface area contributed by atoms with Gasteiger partial charge in [-0.2, -0.15) is 5.10 Å². The van der Waals surface area contributed by atoms with Gasteiger partial charge in [-0.1, -0.05) is 18.2 Å². The Morgan fingerprint density at radius 1 is 1.27 bits per heavy atom. The molecule has 1 aromatic carbocycles. The summed E-state index contributed by atoms with van der Waals surface area (Å²) in [6, 6.07) is 11.0. The molecule has 7 heteroatoms. The summed E-state index contributed by atoms with van der Waals surface area (Å²) in [5.74, 6) is 0.293. The van der Waals surface area contributed by atoms with Gasteiger partial charge in [0.05, 0.1) is 5.69 Å². The lowest BCUT2D eigenvalue weighted by Crippen LogP contribution is -2.25. The number of anilines is 1. The lowest BCUT2D eigenvalue weighted by Gasteiger charge is -2.08. The van der Waals surface area contributed by atoms with Gasteiger partial charge in [0, 0.05) is 31.7 Å². The monoisotopic (exact) mass is 356 g/mol. The summed E-state index contributed by atoms with van der Waals surface area (Å²) in [7, 11) is 0.